The van der Waals surface area contributed by atoms with Crippen molar-refractivity contribution >= 4 is 17.3 Å². The lowest BCUT2D eigenvalue weighted by Gasteiger charge is -2.32. The number of likely N-dealkylation sites (tertiary alicyclic amines) is 1. The molecule has 1 fully saturated rings. The largest absolute Gasteiger partial charge is 0.306 e. The number of rotatable bonds is 1. The highest BCUT2D eigenvalue weighted by Crippen LogP contribution is 2.60. The van der Waals surface area contributed by atoms with Crippen molar-refractivity contribution in [3.8, 4) is 0 Å². The molecule has 4 heteroatoms. The molecule has 2 heterocycles. The molecule has 0 bridgehead atoms. The summed E-state index contributed by atoms with van der Waals surface area (Å²) in [6, 6.07) is 10.5. The lowest BCUT2D eigenvalue weighted by Crippen LogP contribution is -2.28. The summed E-state index contributed by atoms with van der Waals surface area (Å²) in [5.74, 6) is -0.991. The van der Waals surface area contributed by atoms with Gasteiger partial charge in [-0.2, -0.15) is 0 Å². The van der Waals surface area contributed by atoms with Crippen LogP contribution in [-0.4, -0.2) is 25.0 Å². The highest BCUT2D eigenvalue weighted by atomic mass is 32.2. The van der Waals surface area contributed by atoms with E-state index in [-0.39, 0.29) is 0 Å². The molecule has 1 atom stereocenters. The van der Waals surface area contributed by atoms with Gasteiger partial charge >= 0.3 is 0 Å². The van der Waals surface area contributed by atoms with Crippen molar-refractivity contribution in [2.24, 2.45) is 0 Å². The first-order chi connectivity index (χ1) is 12.4. The number of fused-ring (bicyclic) bond motifs is 1. The Hall–Kier alpha value is -1.65. The van der Waals surface area contributed by atoms with Gasteiger partial charge in [-0.05, 0) is 57.0 Å². The van der Waals surface area contributed by atoms with Crippen molar-refractivity contribution in [3.63, 3.8) is 0 Å². The van der Waals surface area contributed by atoms with Crippen LogP contribution in [0.5, 0.6) is 0 Å². The van der Waals surface area contributed by atoms with E-state index in [0.29, 0.717) is 5.56 Å². The molecule has 0 N–H and O–H groups in total. The summed E-state index contributed by atoms with van der Waals surface area (Å²) in [4.78, 5) is 3.52. The second-order valence-electron chi connectivity index (χ2n) is 7.54. The monoisotopic (exact) mass is 371 g/mol. The van der Waals surface area contributed by atoms with Gasteiger partial charge in [0.15, 0.2) is 0 Å². The van der Waals surface area contributed by atoms with E-state index >= 15 is 0 Å². The van der Waals surface area contributed by atoms with E-state index in [2.05, 4.69) is 44.0 Å². The average molecular weight is 371 g/mol. The minimum Gasteiger partial charge on any atom is -0.306 e. The van der Waals surface area contributed by atoms with Gasteiger partial charge in [-0.1, -0.05) is 29.3 Å². The number of nitrogens with zero attached hydrogens (tertiary/aromatic N) is 1. The number of aryl methyl sites for hydroxylation is 1. The first kappa shape index (κ1) is 17.7. The highest BCUT2D eigenvalue weighted by Gasteiger charge is 2.43. The van der Waals surface area contributed by atoms with E-state index in [0.717, 1.165) is 32.0 Å². The Bertz CT molecular complexity index is 895. The summed E-state index contributed by atoms with van der Waals surface area (Å²) >= 11 is 1.69. The van der Waals surface area contributed by atoms with E-state index in [1.165, 1.54) is 33.2 Å². The lowest BCUT2D eigenvalue weighted by atomic mass is 9.81. The number of halogens is 2. The quantitative estimate of drug-likeness (QED) is 0.626. The minimum atomic E-state index is -0.529. The molecule has 1 saturated heterocycles. The fraction of sp³-hybridized carbons (Fsp3) is 0.364. The molecule has 2 aromatic carbocycles. The van der Waals surface area contributed by atoms with Crippen LogP contribution in [0, 0.1) is 18.6 Å². The molecule has 2 aromatic rings. The Labute approximate surface area is 158 Å². The van der Waals surface area contributed by atoms with Gasteiger partial charge in [0.25, 0.3) is 0 Å². The van der Waals surface area contributed by atoms with Crippen LogP contribution in [0.15, 0.2) is 46.9 Å². The molecule has 0 radical (unpaired) electrons. The van der Waals surface area contributed by atoms with Gasteiger partial charge in [-0.3, -0.25) is 0 Å². The van der Waals surface area contributed by atoms with Gasteiger partial charge < -0.3 is 4.90 Å². The first-order valence-corrected chi connectivity index (χ1v) is 9.87. The number of hydrogen-bond donors (Lipinski definition) is 0. The number of benzene rings is 2. The Kier molecular flexibility index (Phi) is 4.44. The molecule has 136 valence electrons. The van der Waals surface area contributed by atoms with Crippen molar-refractivity contribution in [1.82, 2.24) is 4.90 Å². The Morgan fingerprint density at radius 2 is 1.77 bits per heavy atom. The summed E-state index contributed by atoms with van der Waals surface area (Å²) in [7, 11) is 2.14. The Balaban J connectivity index is 1.92. The van der Waals surface area contributed by atoms with Gasteiger partial charge in [0.2, 0.25) is 0 Å². The molecule has 2 aliphatic rings. The minimum absolute atomic E-state index is 0.462. The summed E-state index contributed by atoms with van der Waals surface area (Å²) in [6.07, 6.45) is 2.00. The molecule has 0 amide bonds. The summed E-state index contributed by atoms with van der Waals surface area (Å²) in [6.45, 7) is 6.22. The molecule has 4 rings (SSSR count). The standard InChI is InChI=1S/C22H23F2NS/c1-14-4-7-20-17(12-14)21(15-8-10-25(3)11-9-15)22(2,26-20)18-6-5-16(23)13-19(18)24/h4-7,12-13H,8-11H2,1-3H3. The van der Waals surface area contributed by atoms with Crippen LogP contribution in [0.4, 0.5) is 8.78 Å². The third-order valence-corrected chi connectivity index (χ3v) is 6.99. The fourth-order valence-electron chi connectivity index (χ4n) is 4.19. The van der Waals surface area contributed by atoms with Crippen molar-refractivity contribution in [2.75, 3.05) is 20.1 Å². The molecule has 0 saturated carbocycles. The molecule has 26 heavy (non-hydrogen) atoms. The van der Waals surface area contributed by atoms with Gasteiger partial charge in [0.05, 0.1) is 4.75 Å². The topological polar surface area (TPSA) is 3.24 Å². The molecule has 0 spiro atoms. The Morgan fingerprint density at radius 1 is 1.04 bits per heavy atom. The highest BCUT2D eigenvalue weighted by molar-refractivity contribution is 8.01. The zero-order valence-electron chi connectivity index (χ0n) is 15.4. The molecule has 1 nitrogen and oxygen atoms in total. The zero-order valence-corrected chi connectivity index (χ0v) is 16.2. The van der Waals surface area contributed by atoms with Crippen LogP contribution >= 0.6 is 11.8 Å². The predicted octanol–water partition coefficient (Wildman–Crippen LogP) is 5.77. The van der Waals surface area contributed by atoms with Gasteiger partial charge in [-0.15, -0.1) is 11.8 Å². The molecule has 0 aromatic heterocycles. The van der Waals surface area contributed by atoms with Gasteiger partial charge in [0.1, 0.15) is 11.6 Å². The van der Waals surface area contributed by atoms with Crippen molar-refractivity contribution in [1.29, 1.82) is 0 Å². The SMILES string of the molecule is Cc1ccc2c(c1)C(=C1CCN(C)CC1)C(C)(c1ccc(F)cc1F)S2. The van der Waals surface area contributed by atoms with E-state index < -0.39 is 16.4 Å². The maximum absolute atomic E-state index is 14.8. The maximum Gasteiger partial charge on any atom is 0.131 e. The molecular weight excluding hydrogens is 348 g/mol. The first-order valence-electron chi connectivity index (χ1n) is 9.05. The molecule has 1 unspecified atom stereocenters. The van der Waals surface area contributed by atoms with E-state index in [9.17, 15) is 8.78 Å². The van der Waals surface area contributed by atoms with Crippen molar-refractivity contribution in [3.05, 3.63) is 70.3 Å². The fourth-order valence-corrected chi connectivity index (χ4v) is 5.67. The van der Waals surface area contributed by atoms with Gasteiger partial charge in [0, 0.05) is 29.6 Å². The maximum atomic E-state index is 14.8. The van der Waals surface area contributed by atoms with Crippen molar-refractivity contribution in [2.45, 2.75) is 36.3 Å². The summed E-state index contributed by atoms with van der Waals surface area (Å²) < 4.78 is 27.7. The van der Waals surface area contributed by atoms with Crippen LogP contribution < -0.4 is 0 Å². The Morgan fingerprint density at radius 3 is 2.46 bits per heavy atom. The van der Waals surface area contributed by atoms with Gasteiger partial charge in [-0.25, -0.2) is 8.78 Å². The summed E-state index contributed by atoms with van der Waals surface area (Å²) in [5, 5.41) is 0. The molecular formula is C22H23F2NS. The normalized spacial score (nSPS) is 23.4. The molecule has 0 aliphatic carbocycles. The average Bonchev–Trinajstić information content (AvgIpc) is 2.88. The van der Waals surface area contributed by atoms with Crippen LogP contribution in [0.3, 0.4) is 0 Å². The van der Waals surface area contributed by atoms with E-state index in [1.54, 1.807) is 17.8 Å². The van der Waals surface area contributed by atoms with E-state index in [4.69, 9.17) is 0 Å². The number of thioether (sulfide) groups is 1. The van der Waals surface area contributed by atoms with Crippen LogP contribution in [0.25, 0.3) is 5.57 Å². The third kappa shape index (κ3) is 2.89. The van der Waals surface area contributed by atoms with Crippen LogP contribution in [0.1, 0.15) is 36.5 Å². The van der Waals surface area contributed by atoms with Crippen molar-refractivity contribution < 1.29 is 8.78 Å². The molecule has 2 aliphatic heterocycles. The van der Waals surface area contributed by atoms with E-state index in [1.807, 2.05) is 0 Å². The second-order valence-corrected chi connectivity index (χ2v) is 9.00. The third-order valence-electron chi connectivity index (χ3n) is 5.58. The smallest absolute Gasteiger partial charge is 0.131 e. The van der Waals surface area contributed by atoms with Crippen LogP contribution in [-0.2, 0) is 4.75 Å². The predicted molar refractivity (Wildman–Crippen MR) is 104 cm³/mol. The second kappa shape index (κ2) is 6.50. The number of piperidine rings is 1. The zero-order chi connectivity index (χ0) is 18.5. The summed E-state index contributed by atoms with van der Waals surface area (Å²) in [5.41, 5.74) is 5.64. The van der Waals surface area contributed by atoms with Crippen LogP contribution in [0.2, 0.25) is 0 Å². The lowest BCUT2D eigenvalue weighted by molar-refractivity contribution is 0.312. The number of hydrogen-bond acceptors (Lipinski definition) is 2.